The van der Waals surface area contributed by atoms with E-state index in [0.29, 0.717) is 0 Å². The Morgan fingerprint density at radius 1 is 1.12 bits per heavy atom. The number of ether oxygens (including phenoxy) is 1. The minimum atomic E-state index is -0.943. The fourth-order valence-electron chi connectivity index (χ4n) is 3.20. The normalized spacial score (nSPS) is 13.2. The number of benzene rings is 2. The molecule has 0 aliphatic rings. The monoisotopic (exact) mass is 370 g/mol. The zero-order valence-corrected chi connectivity index (χ0v) is 15.0. The van der Waals surface area contributed by atoms with Gasteiger partial charge in [-0.2, -0.15) is 0 Å². The molecular formula is C20H19ClN2O3. The molecule has 1 amide bonds. The molecule has 0 saturated heterocycles. The van der Waals surface area contributed by atoms with Crippen molar-refractivity contribution in [1.82, 2.24) is 10.3 Å². The summed E-state index contributed by atoms with van der Waals surface area (Å²) in [6.07, 6.45) is 1.86. The van der Waals surface area contributed by atoms with Gasteiger partial charge in [-0.05, 0) is 35.7 Å². The van der Waals surface area contributed by atoms with Crippen LogP contribution in [0, 0.1) is 0 Å². The van der Waals surface area contributed by atoms with Crippen molar-refractivity contribution in [1.29, 1.82) is 0 Å². The average molecular weight is 371 g/mol. The van der Waals surface area contributed by atoms with E-state index in [1.807, 2.05) is 60.8 Å². The first kappa shape index (κ1) is 18.0. The van der Waals surface area contributed by atoms with Gasteiger partial charge < -0.3 is 15.0 Å². The summed E-state index contributed by atoms with van der Waals surface area (Å²) in [6, 6.07) is 16.4. The number of aromatic nitrogens is 1. The topological polar surface area (TPSA) is 71.2 Å². The summed E-state index contributed by atoms with van der Waals surface area (Å²) in [7, 11) is 0. The molecule has 6 heteroatoms. The highest BCUT2D eigenvalue weighted by Crippen LogP contribution is 2.34. The minimum Gasteiger partial charge on any atom is -0.464 e. The van der Waals surface area contributed by atoms with Gasteiger partial charge in [-0.15, -0.1) is 0 Å². The zero-order chi connectivity index (χ0) is 18.5. The highest BCUT2D eigenvalue weighted by atomic mass is 35.5. The Morgan fingerprint density at radius 3 is 2.50 bits per heavy atom. The fraction of sp³-hybridized carbons (Fsp3) is 0.200. The summed E-state index contributed by atoms with van der Waals surface area (Å²) in [4.78, 5) is 27.4. The molecule has 3 rings (SSSR count). The standard InChI is InChI=1S/C20H19ClN2O3/c1-2-26-19(24)18(23-20(21)25)17(13-8-4-3-5-9-13)15-12-22-16-11-7-6-10-14(15)16/h3-12,17-18,22H,2H2,1H3,(H,23,25)/t17-,18-/m0/s1. The molecule has 0 spiro atoms. The summed E-state index contributed by atoms with van der Waals surface area (Å²) in [5, 5.41) is 2.72. The first-order valence-electron chi connectivity index (χ1n) is 8.35. The number of hydrogen-bond donors (Lipinski definition) is 2. The van der Waals surface area contributed by atoms with E-state index in [9.17, 15) is 9.59 Å². The Labute approximate surface area is 156 Å². The summed E-state index contributed by atoms with van der Waals surface area (Å²) in [5.41, 5.74) is 2.71. The minimum absolute atomic E-state index is 0.211. The van der Waals surface area contributed by atoms with Crippen LogP contribution in [0.3, 0.4) is 0 Å². The molecule has 2 atom stereocenters. The predicted molar refractivity (Wildman–Crippen MR) is 101 cm³/mol. The molecule has 5 nitrogen and oxygen atoms in total. The number of esters is 1. The fourth-order valence-corrected chi connectivity index (χ4v) is 3.31. The van der Waals surface area contributed by atoms with Crippen molar-refractivity contribution in [3.8, 4) is 0 Å². The van der Waals surface area contributed by atoms with Gasteiger partial charge in [-0.1, -0.05) is 48.5 Å². The van der Waals surface area contributed by atoms with Crippen LogP contribution >= 0.6 is 11.6 Å². The maximum absolute atomic E-state index is 12.6. The van der Waals surface area contributed by atoms with Gasteiger partial charge in [0.25, 0.3) is 0 Å². The number of fused-ring (bicyclic) bond motifs is 1. The molecule has 0 saturated carbocycles. The molecule has 3 aromatic rings. The van der Waals surface area contributed by atoms with E-state index in [-0.39, 0.29) is 6.61 Å². The summed E-state index contributed by atoms with van der Waals surface area (Å²) >= 11 is 5.56. The number of carbonyl (C=O) groups is 2. The maximum atomic E-state index is 12.6. The first-order valence-corrected chi connectivity index (χ1v) is 8.73. The van der Waals surface area contributed by atoms with Gasteiger partial charge in [-0.25, -0.2) is 4.79 Å². The lowest BCUT2D eigenvalue weighted by Crippen LogP contribution is -2.44. The third-order valence-electron chi connectivity index (χ3n) is 4.26. The molecule has 2 N–H and O–H groups in total. The van der Waals surface area contributed by atoms with Crippen molar-refractivity contribution in [3.63, 3.8) is 0 Å². The number of hydrogen-bond acceptors (Lipinski definition) is 3. The SMILES string of the molecule is CCOC(=O)[C@@H](NC(=O)Cl)[C@@H](c1ccccc1)c1c[nH]c2ccccc12. The van der Waals surface area contributed by atoms with E-state index in [2.05, 4.69) is 10.3 Å². The van der Waals surface area contributed by atoms with Crippen LogP contribution in [0.4, 0.5) is 4.79 Å². The predicted octanol–water partition coefficient (Wildman–Crippen LogP) is 4.18. The maximum Gasteiger partial charge on any atom is 0.329 e. The molecule has 0 aliphatic heterocycles. The van der Waals surface area contributed by atoms with Crippen LogP contribution in [0.25, 0.3) is 10.9 Å². The van der Waals surface area contributed by atoms with Crippen molar-refractivity contribution in [3.05, 3.63) is 71.9 Å². The van der Waals surface area contributed by atoms with E-state index in [0.717, 1.165) is 22.0 Å². The van der Waals surface area contributed by atoms with Crippen molar-refractivity contribution in [2.75, 3.05) is 6.61 Å². The second-order valence-corrected chi connectivity index (χ2v) is 6.17. The Balaban J connectivity index is 2.16. The summed E-state index contributed by atoms with van der Waals surface area (Å²) in [6.45, 7) is 1.93. The molecule has 2 aromatic carbocycles. The molecular weight excluding hydrogens is 352 g/mol. The summed E-state index contributed by atoms with van der Waals surface area (Å²) in [5.74, 6) is -0.977. The van der Waals surface area contributed by atoms with Crippen LogP contribution in [-0.2, 0) is 9.53 Å². The van der Waals surface area contributed by atoms with Gasteiger partial charge in [0.15, 0.2) is 0 Å². The highest BCUT2D eigenvalue weighted by Gasteiger charge is 2.34. The van der Waals surface area contributed by atoms with Crippen molar-refractivity contribution in [2.45, 2.75) is 18.9 Å². The van der Waals surface area contributed by atoms with E-state index >= 15 is 0 Å². The third-order valence-corrected chi connectivity index (χ3v) is 4.37. The molecule has 0 radical (unpaired) electrons. The number of aromatic amines is 1. The summed E-state index contributed by atoms with van der Waals surface area (Å²) < 4.78 is 5.19. The Kier molecular flexibility index (Phi) is 5.58. The van der Waals surface area contributed by atoms with Crippen molar-refractivity contribution < 1.29 is 14.3 Å². The van der Waals surface area contributed by atoms with E-state index < -0.39 is 23.3 Å². The Hall–Kier alpha value is -2.79. The number of carbonyl (C=O) groups excluding carboxylic acids is 2. The number of rotatable bonds is 6. The third kappa shape index (κ3) is 3.73. The van der Waals surface area contributed by atoms with Crippen LogP contribution in [0.15, 0.2) is 60.8 Å². The van der Waals surface area contributed by atoms with Crippen LogP contribution in [-0.4, -0.2) is 29.0 Å². The quantitative estimate of drug-likeness (QED) is 0.388. The van der Waals surface area contributed by atoms with E-state index in [1.54, 1.807) is 6.92 Å². The Bertz CT molecular complexity index is 908. The molecule has 26 heavy (non-hydrogen) atoms. The smallest absolute Gasteiger partial charge is 0.329 e. The van der Waals surface area contributed by atoms with Crippen LogP contribution in [0.5, 0.6) is 0 Å². The van der Waals surface area contributed by atoms with Gasteiger partial charge in [0.05, 0.1) is 6.61 Å². The van der Waals surface area contributed by atoms with Gasteiger partial charge in [0.1, 0.15) is 6.04 Å². The number of H-pyrrole nitrogens is 1. The van der Waals surface area contributed by atoms with Gasteiger partial charge in [-0.3, -0.25) is 4.79 Å². The van der Waals surface area contributed by atoms with Crippen LogP contribution in [0.2, 0.25) is 0 Å². The van der Waals surface area contributed by atoms with Crippen molar-refractivity contribution in [2.24, 2.45) is 0 Å². The Morgan fingerprint density at radius 2 is 1.81 bits per heavy atom. The molecule has 0 aliphatic carbocycles. The molecule has 0 bridgehead atoms. The lowest BCUT2D eigenvalue weighted by molar-refractivity contribution is -0.145. The molecule has 134 valence electrons. The van der Waals surface area contributed by atoms with Gasteiger partial charge in [0, 0.05) is 23.0 Å². The molecule has 0 fully saturated rings. The van der Waals surface area contributed by atoms with Crippen molar-refractivity contribution >= 4 is 33.8 Å². The second-order valence-electron chi connectivity index (χ2n) is 5.83. The van der Waals surface area contributed by atoms with Crippen LogP contribution in [0.1, 0.15) is 24.0 Å². The first-order chi connectivity index (χ1) is 12.6. The number of halogens is 1. The average Bonchev–Trinajstić information content (AvgIpc) is 3.06. The number of amides is 1. The van der Waals surface area contributed by atoms with Crippen LogP contribution < -0.4 is 5.32 Å². The lowest BCUT2D eigenvalue weighted by atomic mass is 9.84. The molecule has 0 unspecified atom stereocenters. The highest BCUT2D eigenvalue weighted by molar-refractivity contribution is 6.63. The molecule has 1 heterocycles. The zero-order valence-electron chi connectivity index (χ0n) is 14.2. The molecule has 1 aromatic heterocycles. The lowest BCUT2D eigenvalue weighted by Gasteiger charge is -2.26. The largest absolute Gasteiger partial charge is 0.464 e. The van der Waals surface area contributed by atoms with E-state index in [4.69, 9.17) is 16.3 Å². The number of para-hydroxylation sites is 1. The van der Waals surface area contributed by atoms with Gasteiger partial charge in [0.2, 0.25) is 0 Å². The number of nitrogens with one attached hydrogen (secondary N) is 2. The van der Waals surface area contributed by atoms with E-state index in [1.165, 1.54) is 0 Å². The van der Waals surface area contributed by atoms with Gasteiger partial charge >= 0.3 is 11.3 Å². The second kappa shape index (κ2) is 8.06.